The maximum Gasteiger partial charge on any atom is 0.297 e. The number of nitrogens with zero attached hydrogens (tertiary/aromatic N) is 6. The topological polar surface area (TPSA) is 98.1 Å². The van der Waals surface area contributed by atoms with Crippen LogP contribution in [0.5, 0.6) is 5.88 Å². The molecular weight excluding hydrogens is 487 g/mol. The standard InChI is InChI=1S/C25H28F3N7O2/c1-13(18-10-21(37-3)29-11-19(18)26)25(36)34-9-8-15(12-34)31-20-7-6-17(14(2)30-20)23-32-24(22(27)28)35(33-23)16-4-5-16/h6-7,10-11,13,15-16,22H,4-5,8-9,12H2,1-3H3,(H,30,31)/t13-,15+/m1/s1. The van der Waals surface area contributed by atoms with Crippen LogP contribution in [-0.2, 0) is 4.79 Å². The van der Waals surface area contributed by atoms with Gasteiger partial charge in [0.05, 0.1) is 31.0 Å². The lowest BCUT2D eigenvalue weighted by Crippen LogP contribution is -2.34. The molecule has 0 unspecified atom stereocenters. The largest absolute Gasteiger partial charge is 0.481 e. The molecule has 1 saturated heterocycles. The van der Waals surface area contributed by atoms with Gasteiger partial charge in [0, 0.05) is 36.3 Å². The Labute approximate surface area is 212 Å². The smallest absolute Gasteiger partial charge is 0.297 e. The van der Waals surface area contributed by atoms with E-state index in [1.54, 1.807) is 30.9 Å². The number of carbonyl (C=O) groups is 1. The second-order valence-electron chi connectivity index (χ2n) is 9.48. The molecule has 37 heavy (non-hydrogen) atoms. The van der Waals surface area contributed by atoms with Gasteiger partial charge in [0.1, 0.15) is 11.6 Å². The first kappa shape index (κ1) is 25.0. The van der Waals surface area contributed by atoms with Gasteiger partial charge in [-0.1, -0.05) is 0 Å². The van der Waals surface area contributed by atoms with E-state index in [0.29, 0.717) is 36.6 Å². The Morgan fingerprint density at radius 1 is 1.22 bits per heavy atom. The van der Waals surface area contributed by atoms with E-state index in [1.807, 2.05) is 0 Å². The third kappa shape index (κ3) is 5.09. The first-order valence-corrected chi connectivity index (χ1v) is 12.2. The Kier molecular flexibility index (Phi) is 6.74. The summed E-state index contributed by atoms with van der Waals surface area (Å²) in [6.07, 6.45) is 0.726. The normalized spacial score (nSPS) is 18.4. The van der Waals surface area contributed by atoms with E-state index in [9.17, 15) is 18.0 Å². The van der Waals surface area contributed by atoms with Crippen molar-refractivity contribution in [2.45, 2.75) is 57.5 Å². The second-order valence-corrected chi connectivity index (χ2v) is 9.48. The molecule has 1 saturated carbocycles. The van der Waals surface area contributed by atoms with Gasteiger partial charge in [-0.3, -0.25) is 4.79 Å². The Morgan fingerprint density at radius 2 is 2.00 bits per heavy atom. The number of halogens is 3. The molecule has 0 bridgehead atoms. The molecule has 196 valence electrons. The fourth-order valence-electron chi connectivity index (χ4n) is 4.64. The van der Waals surface area contributed by atoms with E-state index in [2.05, 4.69) is 25.4 Å². The molecule has 2 fully saturated rings. The van der Waals surface area contributed by atoms with Crippen molar-refractivity contribution in [1.82, 2.24) is 29.6 Å². The molecule has 3 aromatic rings. The van der Waals surface area contributed by atoms with Crippen LogP contribution in [0.15, 0.2) is 24.4 Å². The SMILES string of the molecule is COc1cc([C@@H](C)C(=O)N2CC[C@H](Nc3ccc(-c4nc(C(F)F)n(C5CC5)n4)c(C)n3)C2)c(F)cn1. The number of hydrogen-bond acceptors (Lipinski definition) is 7. The van der Waals surface area contributed by atoms with Crippen LogP contribution in [0.2, 0.25) is 0 Å². The number of rotatable bonds is 8. The monoisotopic (exact) mass is 515 g/mol. The quantitative estimate of drug-likeness (QED) is 0.478. The summed E-state index contributed by atoms with van der Waals surface area (Å²) in [5.41, 5.74) is 1.45. The van der Waals surface area contributed by atoms with E-state index < -0.39 is 18.2 Å². The average Bonchev–Trinajstić information content (AvgIpc) is 3.45. The number of alkyl halides is 2. The van der Waals surface area contributed by atoms with E-state index in [-0.39, 0.29) is 41.1 Å². The number of ether oxygens (including phenoxy) is 1. The van der Waals surface area contributed by atoms with Gasteiger partial charge >= 0.3 is 0 Å². The lowest BCUT2D eigenvalue weighted by Gasteiger charge is -2.22. The number of pyridine rings is 2. The molecule has 3 aromatic heterocycles. The summed E-state index contributed by atoms with van der Waals surface area (Å²) in [7, 11) is 1.44. The highest BCUT2D eigenvalue weighted by Gasteiger charge is 2.33. The molecule has 0 aromatic carbocycles. The molecule has 12 heteroatoms. The molecule has 4 heterocycles. The highest BCUT2D eigenvalue weighted by Crippen LogP contribution is 2.38. The van der Waals surface area contributed by atoms with Gasteiger partial charge < -0.3 is 15.0 Å². The first-order chi connectivity index (χ1) is 17.7. The van der Waals surface area contributed by atoms with Crippen LogP contribution in [0.25, 0.3) is 11.4 Å². The van der Waals surface area contributed by atoms with E-state index >= 15 is 0 Å². The molecule has 5 rings (SSSR count). The predicted molar refractivity (Wildman–Crippen MR) is 129 cm³/mol. The third-order valence-electron chi connectivity index (χ3n) is 6.83. The van der Waals surface area contributed by atoms with E-state index in [0.717, 1.165) is 19.0 Å². The van der Waals surface area contributed by atoms with E-state index in [1.165, 1.54) is 17.9 Å². The Hall–Kier alpha value is -3.70. The summed E-state index contributed by atoms with van der Waals surface area (Å²) >= 11 is 0. The van der Waals surface area contributed by atoms with Gasteiger partial charge in [0.2, 0.25) is 11.8 Å². The van der Waals surface area contributed by atoms with Crippen molar-refractivity contribution >= 4 is 11.7 Å². The molecule has 2 aliphatic rings. The summed E-state index contributed by atoms with van der Waals surface area (Å²) in [5, 5.41) is 7.67. The lowest BCUT2D eigenvalue weighted by molar-refractivity contribution is -0.131. The molecule has 2 atom stereocenters. The highest BCUT2D eigenvalue weighted by atomic mass is 19.3. The molecule has 9 nitrogen and oxygen atoms in total. The van der Waals surface area contributed by atoms with Crippen molar-refractivity contribution in [3.8, 4) is 17.3 Å². The van der Waals surface area contributed by atoms with Gasteiger partial charge in [-0.15, -0.1) is 0 Å². The molecule has 1 amide bonds. The van der Waals surface area contributed by atoms with Crippen LogP contribution in [-0.4, -0.2) is 61.8 Å². The maximum absolute atomic E-state index is 14.3. The van der Waals surface area contributed by atoms with Crippen molar-refractivity contribution in [2.24, 2.45) is 0 Å². The average molecular weight is 516 g/mol. The van der Waals surface area contributed by atoms with Crippen LogP contribution in [0.1, 0.15) is 61.7 Å². The Bertz CT molecular complexity index is 1290. The summed E-state index contributed by atoms with van der Waals surface area (Å²) < 4.78 is 47.6. The van der Waals surface area contributed by atoms with Crippen LogP contribution in [0, 0.1) is 12.7 Å². The number of anilines is 1. The Morgan fingerprint density at radius 3 is 2.68 bits per heavy atom. The zero-order chi connectivity index (χ0) is 26.3. The molecule has 1 aliphatic carbocycles. The number of carbonyl (C=O) groups excluding carboxylic acids is 1. The summed E-state index contributed by atoms with van der Waals surface area (Å²) in [5.74, 6) is -0.623. The van der Waals surface area contributed by atoms with Crippen LogP contribution in [0.3, 0.4) is 0 Å². The van der Waals surface area contributed by atoms with Crippen molar-refractivity contribution in [3.05, 3.63) is 47.3 Å². The van der Waals surface area contributed by atoms with Crippen molar-refractivity contribution < 1.29 is 22.7 Å². The summed E-state index contributed by atoms with van der Waals surface area (Å²) in [6.45, 7) is 4.42. The summed E-state index contributed by atoms with van der Waals surface area (Å²) in [6, 6.07) is 4.93. The lowest BCUT2D eigenvalue weighted by atomic mass is 10.0. The molecular formula is C25H28F3N7O2. The van der Waals surface area contributed by atoms with Crippen LogP contribution < -0.4 is 10.1 Å². The number of aryl methyl sites for hydroxylation is 1. The molecule has 1 aliphatic heterocycles. The molecule has 1 N–H and O–H groups in total. The number of likely N-dealkylation sites (tertiary alicyclic amines) is 1. The minimum atomic E-state index is -2.69. The molecule has 0 radical (unpaired) electrons. The van der Waals surface area contributed by atoms with E-state index in [4.69, 9.17) is 4.74 Å². The number of aromatic nitrogens is 5. The zero-order valence-electron chi connectivity index (χ0n) is 20.8. The number of hydrogen-bond donors (Lipinski definition) is 1. The van der Waals surface area contributed by atoms with Gasteiger partial charge in [-0.05, 0) is 45.2 Å². The van der Waals surface area contributed by atoms with Gasteiger partial charge in [-0.25, -0.2) is 32.8 Å². The van der Waals surface area contributed by atoms with Crippen LogP contribution >= 0.6 is 0 Å². The van der Waals surface area contributed by atoms with Gasteiger partial charge in [0.25, 0.3) is 6.43 Å². The predicted octanol–water partition coefficient (Wildman–Crippen LogP) is 4.28. The highest BCUT2D eigenvalue weighted by molar-refractivity contribution is 5.83. The number of amides is 1. The number of methoxy groups -OCH3 is 1. The maximum atomic E-state index is 14.3. The minimum Gasteiger partial charge on any atom is -0.481 e. The molecule has 0 spiro atoms. The first-order valence-electron chi connectivity index (χ1n) is 12.2. The van der Waals surface area contributed by atoms with Gasteiger partial charge in [-0.2, -0.15) is 5.10 Å². The fourth-order valence-corrected chi connectivity index (χ4v) is 4.64. The van der Waals surface area contributed by atoms with Crippen LogP contribution in [0.4, 0.5) is 19.0 Å². The number of nitrogens with one attached hydrogen (secondary N) is 1. The van der Waals surface area contributed by atoms with Gasteiger partial charge in [0.15, 0.2) is 11.6 Å². The summed E-state index contributed by atoms with van der Waals surface area (Å²) in [4.78, 5) is 27.3. The van der Waals surface area contributed by atoms with Crippen molar-refractivity contribution in [1.29, 1.82) is 0 Å². The second kappa shape index (κ2) is 9.98. The van der Waals surface area contributed by atoms with Crippen molar-refractivity contribution in [2.75, 3.05) is 25.5 Å². The zero-order valence-corrected chi connectivity index (χ0v) is 20.8. The Balaban J connectivity index is 1.24. The fraction of sp³-hybridized carbons (Fsp3) is 0.480. The minimum absolute atomic E-state index is 0.00715. The van der Waals surface area contributed by atoms with Crippen molar-refractivity contribution in [3.63, 3.8) is 0 Å². The third-order valence-corrected chi connectivity index (χ3v) is 6.83.